The summed E-state index contributed by atoms with van der Waals surface area (Å²) in [5.41, 5.74) is 2.57. The summed E-state index contributed by atoms with van der Waals surface area (Å²) in [5.74, 6) is 0.0948. The molecule has 0 unspecified atom stereocenters. The molecule has 0 saturated carbocycles. The summed E-state index contributed by atoms with van der Waals surface area (Å²) < 4.78 is 5.69. The topological polar surface area (TPSA) is 58.6 Å². The first-order valence-corrected chi connectivity index (χ1v) is 10.4. The highest BCUT2D eigenvalue weighted by Crippen LogP contribution is 2.21. The molecule has 0 spiro atoms. The van der Waals surface area contributed by atoms with Gasteiger partial charge >= 0.3 is 0 Å². The van der Waals surface area contributed by atoms with Gasteiger partial charge in [-0.3, -0.25) is 9.59 Å². The van der Waals surface area contributed by atoms with Crippen LogP contribution in [0.3, 0.4) is 0 Å². The minimum atomic E-state index is -0.645. The Morgan fingerprint density at radius 1 is 1.10 bits per heavy atom. The van der Waals surface area contributed by atoms with E-state index >= 15 is 0 Å². The summed E-state index contributed by atoms with van der Waals surface area (Å²) >= 11 is 6.05. The zero-order valence-corrected chi connectivity index (χ0v) is 19.3. The van der Waals surface area contributed by atoms with Crippen LogP contribution in [0.15, 0.2) is 42.5 Å². The minimum Gasteiger partial charge on any atom is -0.484 e. The fourth-order valence-corrected chi connectivity index (χ4v) is 3.00. The molecule has 0 aliphatic carbocycles. The second-order valence-electron chi connectivity index (χ2n) is 8.62. The number of carbonyl (C=O) groups is 2. The van der Waals surface area contributed by atoms with Crippen molar-refractivity contribution < 1.29 is 14.3 Å². The molecule has 0 radical (unpaired) electrons. The van der Waals surface area contributed by atoms with Crippen LogP contribution >= 0.6 is 11.6 Å². The van der Waals surface area contributed by atoms with Crippen LogP contribution in [-0.4, -0.2) is 34.9 Å². The van der Waals surface area contributed by atoms with Crippen LogP contribution in [0, 0.1) is 13.8 Å². The third-order valence-corrected chi connectivity index (χ3v) is 5.05. The van der Waals surface area contributed by atoms with Gasteiger partial charge in [-0.15, -0.1) is 0 Å². The number of hydrogen-bond acceptors (Lipinski definition) is 3. The van der Waals surface area contributed by atoms with Gasteiger partial charge in [0.1, 0.15) is 11.8 Å². The maximum atomic E-state index is 13.0. The van der Waals surface area contributed by atoms with Gasteiger partial charge in [-0.1, -0.05) is 41.4 Å². The van der Waals surface area contributed by atoms with E-state index in [1.807, 2.05) is 58.9 Å². The molecular formula is C24H31ClN2O3. The predicted molar refractivity (Wildman–Crippen MR) is 121 cm³/mol. The molecule has 0 aliphatic rings. The van der Waals surface area contributed by atoms with Gasteiger partial charge in [-0.05, 0) is 70.9 Å². The average molecular weight is 431 g/mol. The van der Waals surface area contributed by atoms with Crippen molar-refractivity contribution in [2.24, 2.45) is 0 Å². The highest BCUT2D eigenvalue weighted by Gasteiger charge is 2.28. The van der Waals surface area contributed by atoms with E-state index in [4.69, 9.17) is 16.3 Å². The van der Waals surface area contributed by atoms with Crippen molar-refractivity contribution in [2.75, 3.05) is 6.61 Å². The Morgan fingerprint density at radius 3 is 2.30 bits per heavy atom. The van der Waals surface area contributed by atoms with Gasteiger partial charge in [0, 0.05) is 17.1 Å². The number of nitrogens with zero attached hydrogens (tertiary/aromatic N) is 1. The van der Waals surface area contributed by atoms with Crippen molar-refractivity contribution in [2.45, 2.75) is 59.7 Å². The number of nitrogens with one attached hydrogen (secondary N) is 1. The molecule has 2 aromatic carbocycles. The first kappa shape index (κ1) is 23.7. The van der Waals surface area contributed by atoms with Gasteiger partial charge in [-0.25, -0.2) is 0 Å². The Labute approximate surface area is 184 Å². The molecule has 2 rings (SSSR count). The highest BCUT2D eigenvalue weighted by atomic mass is 35.5. The third-order valence-electron chi connectivity index (χ3n) is 4.63. The number of aryl methyl sites for hydroxylation is 2. The molecule has 0 fully saturated rings. The maximum absolute atomic E-state index is 13.0. The summed E-state index contributed by atoms with van der Waals surface area (Å²) in [6.07, 6.45) is 0. The summed E-state index contributed by atoms with van der Waals surface area (Å²) in [7, 11) is 0. The van der Waals surface area contributed by atoms with Crippen molar-refractivity contribution in [1.29, 1.82) is 0 Å². The van der Waals surface area contributed by atoms with Crippen LogP contribution in [0.5, 0.6) is 5.75 Å². The second-order valence-corrected chi connectivity index (χ2v) is 9.03. The fraction of sp³-hybridized carbons (Fsp3) is 0.417. The Bertz CT molecular complexity index is 888. The van der Waals surface area contributed by atoms with Crippen molar-refractivity contribution in [1.82, 2.24) is 10.2 Å². The van der Waals surface area contributed by atoms with Gasteiger partial charge < -0.3 is 15.0 Å². The SMILES string of the molecule is Cc1ccc(CN(C(=O)COc2ccc(Cl)c(C)c2)[C@@H](C)C(=O)NC(C)(C)C)cc1. The number of ether oxygens (including phenoxy) is 1. The van der Waals surface area contributed by atoms with Crippen molar-refractivity contribution in [3.63, 3.8) is 0 Å². The Morgan fingerprint density at radius 2 is 1.73 bits per heavy atom. The van der Waals surface area contributed by atoms with E-state index in [-0.39, 0.29) is 24.0 Å². The van der Waals surface area contributed by atoms with Crippen LogP contribution < -0.4 is 10.1 Å². The van der Waals surface area contributed by atoms with Crippen molar-refractivity contribution in [3.05, 3.63) is 64.2 Å². The number of benzene rings is 2. The minimum absolute atomic E-state index is 0.167. The van der Waals surface area contributed by atoms with E-state index in [0.717, 1.165) is 16.7 Å². The van der Waals surface area contributed by atoms with Gasteiger partial charge in [0.15, 0.2) is 6.61 Å². The zero-order chi connectivity index (χ0) is 22.5. The lowest BCUT2D eigenvalue weighted by Crippen LogP contribution is -2.53. The number of carbonyl (C=O) groups excluding carboxylic acids is 2. The number of amides is 2. The van der Waals surface area contributed by atoms with E-state index < -0.39 is 6.04 Å². The molecule has 162 valence electrons. The predicted octanol–water partition coefficient (Wildman–Crippen LogP) is 4.67. The fourth-order valence-electron chi connectivity index (χ4n) is 2.88. The van der Waals surface area contributed by atoms with Gasteiger partial charge in [0.2, 0.25) is 5.91 Å². The van der Waals surface area contributed by atoms with E-state index in [1.54, 1.807) is 30.0 Å². The summed E-state index contributed by atoms with van der Waals surface area (Å²) in [6, 6.07) is 12.5. The van der Waals surface area contributed by atoms with Crippen LogP contribution in [0.4, 0.5) is 0 Å². The van der Waals surface area contributed by atoms with Gasteiger partial charge in [-0.2, -0.15) is 0 Å². The number of hydrogen-bond donors (Lipinski definition) is 1. The zero-order valence-electron chi connectivity index (χ0n) is 18.6. The smallest absolute Gasteiger partial charge is 0.261 e. The molecule has 2 amide bonds. The van der Waals surface area contributed by atoms with Crippen LogP contribution in [0.25, 0.3) is 0 Å². The van der Waals surface area contributed by atoms with Gasteiger partial charge in [0.05, 0.1) is 0 Å². The van der Waals surface area contributed by atoms with E-state index in [1.165, 1.54) is 0 Å². The van der Waals surface area contributed by atoms with Crippen molar-refractivity contribution >= 4 is 23.4 Å². The molecular weight excluding hydrogens is 400 g/mol. The van der Waals surface area contributed by atoms with E-state index in [2.05, 4.69) is 5.32 Å². The lowest BCUT2D eigenvalue weighted by molar-refractivity contribution is -0.142. The largest absolute Gasteiger partial charge is 0.484 e. The number of halogens is 1. The molecule has 0 aliphatic heterocycles. The highest BCUT2D eigenvalue weighted by molar-refractivity contribution is 6.31. The first-order chi connectivity index (χ1) is 14.0. The average Bonchev–Trinajstić information content (AvgIpc) is 2.66. The van der Waals surface area contributed by atoms with Crippen LogP contribution in [-0.2, 0) is 16.1 Å². The molecule has 0 saturated heterocycles. The normalized spacial score (nSPS) is 12.2. The van der Waals surface area contributed by atoms with E-state index in [0.29, 0.717) is 17.3 Å². The van der Waals surface area contributed by atoms with Crippen LogP contribution in [0.1, 0.15) is 44.4 Å². The molecule has 0 aromatic heterocycles. The molecule has 6 heteroatoms. The van der Waals surface area contributed by atoms with Crippen molar-refractivity contribution in [3.8, 4) is 5.75 Å². The molecule has 30 heavy (non-hydrogen) atoms. The maximum Gasteiger partial charge on any atom is 0.261 e. The number of rotatable bonds is 7. The molecule has 1 atom stereocenters. The molecule has 0 bridgehead atoms. The standard InChI is InChI=1S/C24H31ClN2O3/c1-16-7-9-19(10-8-16)14-27(18(3)23(29)26-24(4,5)6)22(28)15-30-20-11-12-21(25)17(2)13-20/h7-13,18H,14-15H2,1-6H3,(H,26,29)/t18-/m0/s1. The third kappa shape index (κ3) is 7.06. The Balaban J connectivity index is 2.17. The Hall–Kier alpha value is -2.53. The lowest BCUT2D eigenvalue weighted by Gasteiger charge is -2.31. The monoisotopic (exact) mass is 430 g/mol. The molecule has 0 heterocycles. The second kappa shape index (κ2) is 9.98. The summed E-state index contributed by atoms with van der Waals surface area (Å²) in [6.45, 7) is 11.5. The molecule has 5 nitrogen and oxygen atoms in total. The van der Waals surface area contributed by atoms with Crippen LogP contribution in [0.2, 0.25) is 5.02 Å². The quantitative estimate of drug-likeness (QED) is 0.694. The Kier molecular flexibility index (Phi) is 7.90. The first-order valence-electron chi connectivity index (χ1n) is 10.0. The lowest BCUT2D eigenvalue weighted by atomic mass is 10.1. The van der Waals surface area contributed by atoms with E-state index in [9.17, 15) is 9.59 Å². The summed E-state index contributed by atoms with van der Waals surface area (Å²) in [4.78, 5) is 27.3. The molecule has 2 aromatic rings. The summed E-state index contributed by atoms with van der Waals surface area (Å²) in [5, 5.41) is 3.59. The molecule has 1 N–H and O–H groups in total. The van der Waals surface area contributed by atoms with Gasteiger partial charge in [0.25, 0.3) is 5.91 Å².